The van der Waals surface area contributed by atoms with Gasteiger partial charge in [-0.3, -0.25) is 0 Å². The van der Waals surface area contributed by atoms with Crippen molar-refractivity contribution in [1.29, 1.82) is 0 Å². The zero-order valence-electron chi connectivity index (χ0n) is 8.99. The van der Waals surface area contributed by atoms with Gasteiger partial charge in [-0.25, -0.2) is 13.6 Å². The molecule has 1 aromatic heterocycles. The molecule has 0 bridgehead atoms. The number of nitrogens with one attached hydrogen (secondary N) is 1. The number of ether oxygens (including phenoxy) is 1. The second-order valence-electron chi connectivity index (χ2n) is 3.21. The molecule has 0 atom stereocenters. The maximum atomic E-state index is 11.7. The van der Waals surface area contributed by atoms with Crippen LogP contribution in [0.25, 0.3) is 0 Å². The van der Waals surface area contributed by atoms with Crippen molar-refractivity contribution in [2.24, 2.45) is 0 Å². The lowest BCUT2D eigenvalue weighted by Crippen LogP contribution is -2.20. The third-order valence-corrected chi connectivity index (χ3v) is 1.84. The molecule has 0 amide bonds. The van der Waals surface area contributed by atoms with Gasteiger partial charge in [0.15, 0.2) is 0 Å². The van der Waals surface area contributed by atoms with Crippen LogP contribution in [-0.4, -0.2) is 37.3 Å². The number of carbonyl (C=O) groups is 1. The molecule has 0 radical (unpaired) electrons. The van der Waals surface area contributed by atoms with Gasteiger partial charge in [0.1, 0.15) is 12.4 Å². The summed E-state index contributed by atoms with van der Waals surface area (Å²) >= 11 is 0. The van der Waals surface area contributed by atoms with E-state index >= 15 is 0 Å². The monoisotopic (exact) mass is 249 g/mol. The van der Waals surface area contributed by atoms with Crippen molar-refractivity contribution in [3.63, 3.8) is 0 Å². The molecule has 1 heterocycles. The highest BCUT2D eigenvalue weighted by Crippen LogP contribution is 2.07. The summed E-state index contributed by atoms with van der Waals surface area (Å²) in [6.07, 6.45) is -2.46. The molecule has 0 aliphatic carbocycles. The number of carboxylic acid groups (broad SMARTS) is 1. The molecule has 0 fully saturated rings. The van der Waals surface area contributed by atoms with E-state index in [0.29, 0.717) is 18.8 Å². The zero-order valence-corrected chi connectivity index (χ0v) is 8.99. The fourth-order valence-corrected chi connectivity index (χ4v) is 1.12. The minimum Gasteiger partial charge on any atom is -0.475 e. The van der Waals surface area contributed by atoms with Gasteiger partial charge < -0.3 is 19.6 Å². The van der Waals surface area contributed by atoms with Crippen molar-refractivity contribution in [3.05, 3.63) is 23.7 Å². The molecule has 0 unspecified atom stereocenters. The summed E-state index contributed by atoms with van der Waals surface area (Å²) in [7, 11) is 0. The number of alkyl halides is 2. The highest BCUT2D eigenvalue weighted by molar-refractivity contribution is 5.84. The first-order valence-corrected chi connectivity index (χ1v) is 4.98. The summed E-state index contributed by atoms with van der Waals surface area (Å²) in [6.45, 7) is 0.295. The van der Waals surface area contributed by atoms with Gasteiger partial charge in [0, 0.05) is 6.54 Å². The van der Waals surface area contributed by atoms with Crippen molar-refractivity contribution >= 4 is 5.97 Å². The second-order valence-corrected chi connectivity index (χ2v) is 3.21. The lowest BCUT2D eigenvalue weighted by atomic mass is 10.4. The average molecular weight is 249 g/mol. The summed E-state index contributed by atoms with van der Waals surface area (Å²) in [5.41, 5.74) is 0. The molecular formula is C10H13F2NO4. The summed E-state index contributed by atoms with van der Waals surface area (Å²) in [4.78, 5) is 10.5. The number of aromatic carboxylic acids is 1. The van der Waals surface area contributed by atoms with Crippen molar-refractivity contribution in [1.82, 2.24) is 5.32 Å². The van der Waals surface area contributed by atoms with E-state index in [1.165, 1.54) is 12.1 Å². The highest BCUT2D eigenvalue weighted by Gasteiger charge is 2.08. The van der Waals surface area contributed by atoms with Crippen LogP contribution >= 0.6 is 0 Å². The van der Waals surface area contributed by atoms with Gasteiger partial charge in [-0.2, -0.15) is 0 Å². The Kier molecular flexibility index (Phi) is 5.58. The van der Waals surface area contributed by atoms with Gasteiger partial charge in [0.25, 0.3) is 6.43 Å². The lowest BCUT2D eigenvalue weighted by molar-refractivity contribution is 0.0186. The third-order valence-electron chi connectivity index (χ3n) is 1.84. The molecule has 1 aromatic rings. The molecule has 0 spiro atoms. The van der Waals surface area contributed by atoms with E-state index in [2.05, 4.69) is 10.1 Å². The molecule has 0 aliphatic heterocycles. The Hall–Kier alpha value is -1.47. The van der Waals surface area contributed by atoms with Crippen LogP contribution in [-0.2, 0) is 11.3 Å². The van der Waals surface area contributed by atoms with Crippen molar-refractivity contribution < 1.29 is 27.8 Å². The Labute approximate surface area is 96.4 Å². The molecule has 17 heavy (non-hydrogen) atoms. The van der Waals surface area contributed by atoms with Crippen molar-refractivity contribution in [2.45, 2.75) is 13.0 Å². The Morgan fingerprint density at radius 1 is 1.53 bits per heavy atom. The molecule has 0 saturated heterocycles. The van der Waals surface area contributed by atoms with Gasteiger partial charge in [-0.05, 0) is 12.1 Å². The molecule has 0 aromatic carbocycles. The maximum absolute atomic E-state index is 11.7. The largest absolute Gasteiger partial charge is 0.475 e. The number of hydrogen-bond acceptors (Lipinski definition) is 4. The van der Waals surface area contributed by atoms with Crippen LogP contribution in [0.2, 0.25) is 0 Å². The molecule has 2 N–H and O–H groups in total. The van der Waals surface area contributed by atoms with Gasteiger partial charge in [0.05, 0.1) is 13.2 Å². The smallest absolute Gasteiger partial charge is 0.371 e. The number of carboxylic acids is 1. The number of halogens is 2. The van der Waals surface area contributed by atoms with Gasteiger partial charge in [-0.1, -0.05) is 0 Å². The van der Waals surface area contributed by atoms with Gasteiger partial charge in [0.2, 0.25) is 5.76 Å². The van der Waals surface area contributed by atoms with Gasteiger partial charge >= 0.3 is 5.97 Å². The number of furan rings is 1. The fourth-order valence-electron chi connectivity index (χ4n) is 1.12. The SMILES string of the molecule is O=C(O)c1ccc(CNCCOCC(F)F)o1. The minimum atomic E-state index is -2.46. The van der Waals surface area contributed by atoms with Crippen LogP contribution in [0.3, 0.4) is 0 Å². The van der Waals surface area contributed by atoms with E-state index in [4.69, 9.17) is 9.52 Å². The van der Waals surface area contributed by atoms with Crippen LogP contribution in [0.1, 0.15) is 16.3 Å². The topological polar surface area (TPSA) is 71.7 Å². The van der Waals surface area contributed by atoms with E-state index in [9.17, 15) is 13.6 Å². The number of hydrogen-bond donors (Lipinski definition) is 2. The quantitative estimate of drug-likeness (QED) is 0.680. The normalized spacial score (nSPS) is 11.0. The Morgan fingerprint density at radius 2 is 2.29 bits per heavy atom. The first-order valence-electron chi connectivity index (χ1n) is 4.98. The number of rotatable bonds is 8. The Morgan fingerprint density at radius 3 is 2.88 bits per heavy atom. The van der Waals surface area contributed by atoms with Crippen LogP contribution in [0.5, 0.6) is 0 Å². The highest BCUT2D eigenvalue weighted by atomic mass is 19.3. The molecular weight excluding hydrogens is 236 g/mol. The first kappa shape index (κ1) is 13.6. The summed E-state index contributed by atoms with van der Waals surface area (Å²) in [5, 5.41) is 11.5. The minimum absolute atomic E-state index is 0.129. The summed E-state index contributed by atoms with van der Waals surface area (Å²) in [6, 6.07) is 2.89. The van der Waals surface area contributed by atoms with Crippen molar-refractivity contribution in [2.75, 3.05) is 19.8 Å². The molecule has 0 aliphatic rings. The average Bonchev–Trinajstić information content (AvgIpc) is 2.71. The molecule has 5 nitrogen and oxygen atoms in total. The van der Waals surface area contributed by atoms with E-state index in [-0.39, 0.29) is 12.4 Å². The standard InChI is InChI=1S/C10H13F2NO4/c11-9(12)6-16-4-3-13-5-7-1-2-8(17-7)10(14)15/h1-2,9,13H,3-6H2,(H,14,15). The predicted octanol–water partition coefficient (Wildman–Crippen LogP) is 1.35. The van der Waals surface area contributed by atoms with E-state index < -0.39 is 19.0 Å². The van der Waals surface area contributed by atoms with E-state index in [1.807, 2.05) is 0 Å². The Bertz CT molecular complexity index is 354. The van der Waals surface area contributed by atoms with Crippen LogP contribution < -0.4 is 5.32 Å². The molecule has 1 rings (SSSR count). The van der Waals surface area contributed by atoms with Crippen LogP contribution in [0.4, 0.5) is 8.78 Å². The predicted molar refractivity (Wildman–Crippen MR) is 54.2 cm³/mol. The summed E-state index contributed by atoms with van der Waals surface area (Å²) in [5.74, 6) is -0.788. The lowest BCUT2D eigenvalue weighted by Gasteiger charge is -2.04. The molecule has 7 heteroatoms. The second kappa shape index (κ2) is 6.97. The van der Waals surface area contributed by atoms with Crippen LogP contribution in [0.15, 0.2) is 16.5 Å². The van der Waals surface area contributed by atoms with Gasteiger partial charge in [-0.15, -0.1) is 0 Å². The molecule has 0 saturated carbocycles. The third kappa shape index (κ3) is 5.41. The van der Waals surface area contributed by atoms with Crippen molar-refractivity contribution in [3.8, 4) is 0 Å². The Balaban J connectivity index is 2.11. The maximum Gasteiger partial charge on any atom is 0.371 e. The summed E-state index contributed by atoms with van der Waals surface area (Å²) < 4.78 is 32.9. The van der Waals surface area contributed by atoms with E-state index in [1.54, 1.807) is 0 Å². The van der Waals surface area contributed by atoms with E-state index in [0.717, 1.165) is 0 Å². The first-order chi connectivity index (χ1) is 8.09. The fraction of sp³-hybridized carbons (Fsp3) is 0.500. The van der Waals surface area contributed by atoms with Crippen LogP contribution in [0, 0.1) is 0 Å². The molecule has 96 valence electrons. The zero-order chi connectivity index (χ0) is 12.7.